The number of piperidine rings is 1. The highest BCUT2D eigenvalue weighted by atomic mass is 16.1. The fourth-order valence-electron chi connectivity index (χ4n) is 4.70. The minimum Gasteiger partial charge on any atom is -0.383 e. The summed E-state index contributed by atoms with van der Waals surface area (Å²) in [5.74, 6) is 0.0466. The van der Waals surface area contributed by atoms with Crippen LogP contribution in [0.5, 0.6) is 0 Å². The van der Waals surface area contributed by atoms with E-state index in [1.54, 1.807) is 16.8 Å². The van der Waals surface area contributed by atoms with E-state index in [0.717, 1.165) is 24.1 Å². The number of aromatic nitrogens is 4. The van der Waals surface area contributed by atoms with Crippen LogP contribution >= 0.6 is 0 Å². The van der Waals surface area contributed by atoms with Gasteiger partial charge in [0, 0.05) is 24.2 Å². The standard InChI is InChI=1S/C27H27N7O2/c1-2-21(35)27(13-6-14-29-16-27)34-25-22(24(28)31-17-32-25)23(33-34)19-11-9-18(10-12-19)15-30-26(36)20-7-4-3-5-8-20/h2-5,7-12,17,29H,1,6,13-16H2,(H,30,36)(H2,28,31,32)/t27-/m1/s1. The number of hydrogen-bond donors (Lipinski definition) is 3. The molecule has 1 saturated heterocycles. The molecule has 9 nitrogen and oxygen atoms in total. The number of carbonyl (C=O) groups excluding carboxylic acids is 2. The number of fused-ring (bicyclic) bond motifs is 1. The van der Waals surface area contributed by atoms with E-state index in [1.165, 1.54) is 12.4 Å². The number of nitrogen functional groups attached to an aromatic ring is 1. The largest absolute Gasteiger partial charge is 0.383 e. The average Bonchev–Trinajstić information content (AvgIpc) is 3.34. The van der Waals surface area contributed by atoms with Crippen molar-refractivity contribution in [2.75, 3.05) is 18.8 Å². The molecule has 1 aliphatic heterocycles. The highest BCUT2D eigenvalue weighted by Gasteiger charge is 2.42. The van der Waals surface area contributed by atoms with E-state index in [2.05, 4.69) is 27.2 Å². The van der Waals surface area contributed by atoms with Gasteiger partial charge in [0.2, 0.25) is 0 Å². The van der Waals surface area contributed by atoms with Crippen LogP contribution in [0.1, 0.15) is 28.8 Å². The molecule has 182 valence electrons. The molecule has 5 rings (SSSR count). The number of amides is 1. The maximum absolute atomic E-state index is 13.1. The molecule has 0 saturated carbocycles. The molecular weight excluding hydrogens is 454 g/mol. The summed E-state index contributed by atoms with van der Waals surface area (Å²) in [4.78, 5) is 34.1. The lowest BCUT2D eigenvalue weighted by Crippen LogP contribution is -2.53. The van der Waals surface area contributed by atoms with E-state index in [4.69, 9.17) is 10.8 Å². The second-order valence-corrected chi connectivity index (χ2v) is 8.84. The minimum atomic E-state index is -0.932. The Hall–Kier alpha value is -4.37. The molecule has 0 aliphatic carbocycles. The summed E-state index contributed by atoms with van der Waals surface area (Å²) in [5, 5.41) is 11.7. The van der Waals surface area contributed by atoms with Crippen molar-refractivity contribution in [1.29, 1.82) is 0 Å². The second-order valence-electron chi connectivity index (χ2n) is 8.84. The zero-order valence-corrected chi connectivity index (χ0v) is 19.8. The highest BCUT2D eigenvalue weighted by Crippen LogP contribution is 2.36. The molecule has 1 fully saturated rings. The molecule has 4 N–H and O–H groups in total. The molecule has 3 heterocycles. The van der Waals surface area contributed by atoms with E-state index < -0.39 is 5.54 Å². The number of nitrogens with one attached hydrogen (secondary N) is 2. The van der Waals surface area contributed by atoms with Crippen LogP contribution < -0.4 is 16.4 Å². The van der Waals surface area contributed by atoms with Crippen molar-refractivity contribution < 1.29 is 9.59 Å². The van der Waals surface area contributed by atoms with E-state index >= 15 is 0 Å². The van der Waals surface area contributed by atoms with Crippen molar-refractivity contribution in [2.24, 2.45) is 0 Å². The Morgan fingerprint density at radius 2 is 1.92 bits per heavy atom. The van der Waals surface area contributed by atoms with Crippen LogP contribution in [0.25, 0.3) is 22.3 Å². The quantitative estimate of drug-likeness (QED) is 0.346. The zero-order chi connectivity index (χ0) is 25.1. The molecule has 0 unspecified atom stereocenters. The van der Waals surface area contributed by atoms with Crippen molar-refractivity contribution in [3.63, 3.8) is 0 Å². The second kappa shape index (κ2) is 9.71. The molecule has 2 aromatic carbocycles. The number of nitrogens with two attached hydrogens (primary N) is 1. The molecule has 4 aromatic rings. The third-order valence-electron chi connectivity index (χ3n) is 6.62. The number of anilines is 1. The van der Waals surface area contributed by atoms with Gasteiger partial charge >= 0.3 is 0 Å². The Morgan fingerprint density at radius 3 is 2.61 bits per heavy atom. The van der Waals surface area contributed by atoms with E-state index in [1.807, 2.05) is 42.5 Å². The Morgan fingerprint density at radius 1 is 1.14 bits per heavy atom. The van der Waals surface area contributed by atoms with Crippen LogP contribution in [0.2, 0.25) is 0 Å². The van der Waals surface area contributed by atoms with Gasteiger partial charge in [0.25, 0.3) is 5.91 Å². The van der Waals surface area contributed by atoms with Gasteiger partial charge in [-0.2, -0.15) is 5.10 Å². The van der Waals surface area contributed by atoms with Crippen molar-refractivity contribution in [3.05, 3.63) is 84.7 Å². The average molecular weight is 482 g/mol. The predicted octanol–water partition coefficient (Wildman–Crippen LogP) is 2.84. The molecule has 36 heavy (non-hydrogen) atoms. The van der Waals surface area contributed by atoms with Crippen LogP contribution in [0, 0.1) is 0 Å². The van der Waals surface area contributed by atoms with E-state index in [0.29, 0.717) is 47.6 Å². The maximum atomic E-state index is 13.1. The zero-order valence-electron chi connectivity index (χ0n) is 19.8. The number of allylic oxidation sites excluding steroid dienone is 1. The minimum absolute atomic E-state index is 0.118. The monoisotopic (exact) mass is 481 g/mol. The first-order valence-corrected chi connectivity index (χ1v) is 11.8. The van der Waals surface area contributed by atoms with Crippen molar-refractivity contribution in [1.82, 2.24) is 30.4 Å². The van der Waals surface area contributed by atoms with Gasteiger partial charge in [0.1, 0.15) is 23.4 Å². The molecule has 2 aromatic heterocycles. The fourth-order valence-corrected chi connectivity index (χ4v) is 4.70. The van der Waals surface area contributed by atoms with Crippen molar-refractivity contribution >= 4 is 28.5 Å². The number of hydrogen-bond acceptors (Lipinski definition) is 7. The summed E-state index contributed by atoms with van der Waals surface area (Å²) in [7, 11) is 0. The third kappa shape index (κ3) is 4.14. The van der Waals surface area contributed by atoms with Gasteiger partial charge in [-0.3, -0.25) is 9.59 Å². The summed E-state index contributed by atoms with van der Waals surface area (Å²) >= 11 is 0. The Bertz CT molecular complexity index is 1420. The van der Waals surface area contributed by atoms with Gasteiger partial charge in [-0.1, -0.05) is 49.0 Å². The summed E-state index contributed by atoms with van der Waals surface area (Å²) in [6.45, 7) is 5.37. The lowest BCUT2D eigenvalue weighted by Gasteiger charge is -2.35. The van der Waals surface area contributed by atoms with Gasteiger partial charge in [0.05, 0.1) is 5.39 Å². The number of rotatable bonds is 7. The van der Waals surface area contributed by atoms with Gasteiger partial charge in [-0.05, 0) is 43.2 Å². The molecule has 1 atom stereocenters. The van der Waals surface area contributed by atoms with Crippen LogP contribution in [-0.4, -0.2) is 44.5 Å². The van der Waals surface area contributed by atoms with Gasteiger partial charge in [0.15, 0.2) is 11.4 Å². The summed E-state index contributed by atoms with van der Waals surface area (Å²) in [5.41, 5.74) is 8.82. The molecular formula is C27H27N7O2. The van der Waals surface area contributed by atoms with E-state index in [-0.39, 0.29) is 11.7 Å². The van der Waals surface area contributed by atoms with Gasteiger partial charge in [-0.25, -0.2) is 14.6 Å². The van der Waals surface area contributed by atoms with Crippen LogP contribution in [0.15, 0.2) is 73.6 Å². The van der Waals surface area contributed by atoms with Crippen LogP contribution in [0.3, 0.4) is 0 Å². The number of nitrogens with zero attached hydrogens (tertiary/aromatic N) is 4. The Balaban J connectivity index is 1.49. The van der Waals surface area contributed by atoms with Crippen LogP contribution in [0.4, 0.5) is 5.82 Å². The Labute approximate surface area is 208 Å². The first kappa shape index (κ1) is 23.4. The predicted molar refractivity (Wildman–Crippen MR) is 138 cm³/mol. The first-order chi connectivity index (χ1) is 17.5. The van der Waals surface area contributed by atoms with E-state index in [9.17, 15) is 9.59 Å². The normalized spacial score (nSPS) is 17.6. The molecule has 1 aliphatic rings. The maximum Gasteiger partial charge on any atom is 0.251 e. The topological polar surface area (TPSA) is 128 Å². The number of benzene rings is 2. The molecule has 9 heteroatoms. The van der Waals surface area contributed by atoms with Gasteiger partial charge < -0.3 is 16.4 Å². The smallest absolute Gasteiger partial charge is 0.251 e. The lowest BCUT2D eigenvalue weighted by atomic mass is 9.86. The molecule has 1 amide bonds. The number of ketones is 1. The first-order valence-electron chi connectivity index (χ1n) is 11.8. The fraction of sp³-hybridized carbons (Fsp3) is 0.222. The summed E-state index contributed by atoms with van der Waals surface area (Å²) in [6, 6.07) is 16.8. The Kier molecular flexibility index (Phi) is 6.30. The molecule has 0 spiro atoms. The third-order valence-corrected chi connectivity index (χ3v) is 6.62. The SMILES string of the molecule is C=CC(=O)[C@@]1(n2nc(-c3ccc(CNC(=O)c4ccccc4)cc3)c3c(N)ncnc32)CCCNC1. The van der Waals surface area contributed by atoms with Gasteiger partial charge in [-0.15, -0.1) is 0 Å². The number of carbonyl (C=O) groups is 2. The lowest BCUT2D eigenvalue weighted by molar-refractivity contribution is -0.124. The van der Waals surface area contributed by atoms with Crippen LogP contribution in [-0.2, 0) is 16.9 Å². The highest BCUT2D eigenvalue weighted by molar-refractivity contribution is 6.01. The molecule has 0 radical (unpaired) electrons. The van der Waals surface area contributed by atoms with Crippen molar-refractivity contribution in [2.45, 2.75) is 24.9 Å². The molecule has 0 bridgehead atoms. The van der Waals surface area contributed by atoms with Crippen molar-refractivity contribution in [3.8, 4) is 11.3 Å². The summed E-state index contributed by atoms with van der Waals surface area (Å²) in [6.07, 6.45) is 4.18. The summed E-state index contributed by atoms with van der Waals surface area (Å²) < 4.78 is 1.69.